The molecular formula is C15H22N2O. The second-order valence-electron chi connectivity index (χ2n) is 5.37. The summed E-state index contributed by atoms with van der Waals surface area (Å²) < 4.78 is 5.77. The fourth-order valence-electron chi connectivity index (χ4n) is 2.55. The van der Waals surface area contributed by atoms with Gasteiger partial charge in [0.25, 0.3) is 0 Å². The fraction of sp³-hybridized carbons (Fsp3) is 0.667. The summed E-state index contributed by atoms with van der Waals surface area (Å²) in [5.41, 5.74) is 2.57. The molecule has 0 atom stereocenters. The standard InChI is InChI=1S/C15H22N2O/c1-6-14(7-1)18-11-3-5-13-9-8-12-4-2-10-16-15(12)17-13/h8-9,14H,1-7,10-11H2,(H,16,17). The van der Waals surface area contributed by atoms with Gasteiger partial charge in [0.1, 0.15) is 5.82 Å². The van der Waals surface area contributed by atoms with E-state index in [2.05, 4.69) is 17.4 Å². The zero-order valence-electron chi connectivity index (χ0n) is 11.0. The quantitative estimate of drug-likeness (QED) is 0.811. The van der Waals surface area contributed by atoms with Crippen molar-refractivity contribution in [2.45, 2.75) is 51.0 Å². The molecule has 0 radical (unpaired) electrons. The van der Waals surface area contributed by atoms with Gasteiger partial charge >= 0.3 is 0 Å². The molecule has 3 heteroatoms. The first-order chi connectivity index (χ1) is 8.92. The van der Waals surface area contributed by atoms with Gasteiger partial charge in [0.05, 0.1) is 6.10 Å². The lowest BCUT2D eigenvalue weighted by atomic mass is 9.96. The van der Waals surface area contributed by atoms with Crippen LogP contribution in [0.4, 0.5) is 5.82 Å². The smallest absolute Gasteiger partial charge is 0.129 e. The maximum atomic E-state index is 5.77. The number of fused-ring (bicyclic) bond motifs is 1. The molecule has 0 aromatic carbocycles. The number of rotatable bonds is 5. The number of ether oxygens (including phenoxy) is 1. The molecule has 0 amide bonds. The van der Waals surface area contributed by atoms with E-state index in [0.29, 0.717) is 6.10 Å². The zero-order chi connectivity index (χ0) is 12.2. The molecule has 18 heavy (non-hydrogen) atoms. The Morgan fingerprint density at radius 2 is 2.22 bits per heavy atom. The van der Waals surface area contributed by atoms with E-state index in [1.807, 2.05) is 0 Å². The van der Waals surface area contributed by atoms with E-state index >= 15 is 0 Å². The lowest BCUT2D eigenvalue weighted by Crippen LogP contribution is -2.22. The Kier molecular flexibility index (Phi) is 3.79. The molecule has 2 aliphatic rings. The normalized spacial score (nSPS) is 18.9. The first-order valence-electron chi connectivity index (χ1n) is 7.26. The molecular weight excluding hydrogens is 224 g/mol. The van der Waals surface area contributed by atoms with Crippen LogP contribution < -0.4 is 5.32 Å². The number of aromatic nitrogens is 1. The molecule has 3 rings (SSSR count). The minimum Gasteiger partial charge on any atom is -0.378 e. The monoisotopic (exact) mass is 246 g/mol. The van der Waals surface area contributed by atoms with Gasteiger partial charge in [-0.15, -0.1) is 0 Å². The number of hydrogen-bond acceptors (Lipinski definition) is 3. The van der Waals surface area contributed by atoms with Crippen LogP contribution in [0.15, 0.2) is 12.1 Å². The topological polar surface area (TPSA) is 34.1 Å². The van der Waals surface area contributed by atoms with Crippen molar-refractivity contribution in [3.05, 3.63) is 23.4 Å². The Balaban J connectivity index is 1.46. The Labute approximate surface area is 109 Å². The first kappa shape index (κ1) is 12.0. The van der Waals surface area contributed by atoms with E-state index in [4.69, 9.17) is 9.72 Å². The molecule has 1 aromatic heterocycles. The summed E-state index contributed by atoms with van der Waals surface area (Å²) in [6, 6.07) is 4.41. The molecule has 1 aliphatic heterocycles. The summed E-state index contributed by atoms with van der Waals surface area (Å²) >= 11 is 0. The third kappa shape index (κ3) is 2.83. The SMILES string of the molecule is c1cc2c(nc1CCCOC1CCC1)NCCC2. The summed E-state index contributed by atoms with van der Waals surface area (Å²) in [6.45, 7) is 1.95. The number of anilines is 1. The molecule has 1 aromatic rings. The molecule has 0 bridgehead atoms. The van der Waals surface area contributed by atoms with Gasteiger partial charge in [-0.2, -0.15) is 0 Å². The van der Waals surface area contributed by atoms with Crippen LogP contribution >= 0.6 is 0 Å². The van der Waals surface area contributed by atoms with Crippen LogP contribution in [0.25, 0.3) is 0 Å². The van der Waals surface area contributed by atoms with Crippen LogP contribution in [-0.4, -0.2) is 24.2 Å². The van der Waals surface area contributed by atoms with Gasteiger partial charge in [-0.1, -0.05) is 6.07 Å². The number of hydrogen-bond donors (Lipinski definition) is 1. The Bertz CT molecular complexity index is 401. The predicted molar refractivity (Wildman–Crippen MR) is 73.0 cm³/mol. The van der Waals surface area contributed by atoms with Crippen molar-refractivity contribution in [2.24, 2.45) is 0 Å². The second-order valence-corrected chi connectivity index (χ2v) is 5.37. The molecule has 1 saturated carbocycles. The highest BCUT2D eigenvalue weighted by Gasteiger charge is 2.17. The molecule has 1 fully saturated rings. The molecule has 0 spiro atoms. The van der Waals surface area contributed by atoms with Crippen molar-refractivity contribution < 1.29 is 4.74 Å². The van der Waals surface area contributed by atoms with Gasteiger partial charge in [-0.05, 0) is 56.6 Å². The van der Waals surface area contributed by atoms with Gasteiger partial charge in [0, 0.05) is 18.8 Å². The molecule has 1 N–H and O–H groups in total. The van der Waals surface area contributed by atoms with Gasteiger partial charge in [0.2, 0.25) is 0 Å². The third-order valence-electron chi connectivity index (χ3n) is 3.93. The number of aryl methyl sites for hydroxylation is 2. The van der Waals surface area contributed by atoms with Crippen molar-refractivity contribution in [2.75, 3.05) is 18.5 Å². The molecule has 98 valence electrons. The van der Waals surface area contributed by atoms with Crippen molar-refractivity contribution in [3.63, 3.8) is 0 Å². The molecule has 0 unspecified atom stereocenters. The van der Waals surface area contributed by atoms with E-state index in [0.717, 1.165) is 31.8 Å². The van der Waals surface area contributed by atoms with Crippen LogP contribution in [0, 0.1) is 0 Å². The summed E-state index contributed by atoms with van der Waals surface area (Å²) in [7, 11) is 0. The molecule has 1 aliphatic carbocycles. The largest absolute Gasteiger partial charge is 0.378 e. The highest BCUT2D eigenvalue weighted by atomic mass is 16.5. The van der Waals surface area contributed by atoms with Gasteiger partial charge in [-0.3, -0.25) is 0 Å². The van der Waals surface area contributed by atoms with E-state index in [1.54, 1.807) is 0 Å². The summed E-state index contributed by atoms with van der Waals surface area (Å²) in [6.07, 6.45) is 8.95. The highest BCUT2D eigenvalue weighted by Crippen LogP contribution is 2.22. The highest BCUT2D eigenvalue weighted by molar-refractivity contribution is 5.46. The lowest BCUT2D eigenvalue weighted by Gasteiger charge is -2.25. The van der Waals surface area contributed by atoms with Crippen LogP contribution in [0.3, 0.4) is 0 Å². The Morgan fingerprint density at radius 1 is 1.28 bits per heavy atom. The van der Waals surface area contributed by atoms with Gasteiger partial charge < -0.3 is 10.1 Å². The fourth-order valence-corrected chi connectivity index (χ4v) is 2.55. The molecule has 3 nitrogen and oxygen atoms in total. The third-order valence-corrected chi connectivity index (χ3v) is 3.93. The number of pyridine rings is 1. The van der Waals surface area contributed by atoms with E-state index in [9.17, 15) is 0 Å². The van der Waals surface area contributed by atoms with E-state index in [-0.39, 0.29) is 0 Å². The number of nitrogens with zero attached hydrogens (tertiary/aromatic N) is 1. The van der Waals surface area contributed by atoms with Crippen molar-refractivity contribution in [1.29, 1.82) is 0 Å². The summed E-state index contributed by atoms with van der Waals surface area (Å²) in [4.78, 5) is 4.70. The predicted octanol–water partition coefficient (Wildman–Crippen LogP) is 2.94. The maximum Gasteiger partial charge on any atom is 0.129 e. The zero-order valence-corrected chi connectivity index (χ0v) is 11.0. The van der Waals surface area contributed by atoms with Crippen LogP contribution in [0.2, 0.25) is 0 Å². The number of nitrogens with one attached hydrogen (secondary N) is 1. The van der Waals surface area contributed by atoms with Crippen LogP contribution in [-0.2, 0) is 17.6 Å². The van der Waals surface area contributed by atoms with Gasteiger partial charge in [-0.25, -0.2) is 4.98 Å². The van der Waals surface area contributed by atoms with Crippen LogP contribution in [0.5, 0.6) is 0 Å². The van der Waals surface area contributed by atoms with Crippen LogP contribution in [0.1, 0.15) is 43.4 Å². The summed E-state index contributed by atoms with van der Waals surface area (Å²) in [5, 5.41) is 3.39. The van der Waals surface area contributed by atoms with Crippen molar-refractivity contribution in [3.8, 4) is 0 Å². The van der Waals surface area contributed by atoms with Crippen molar-refractivity contribution in [1.82, 2.24) is 4.98 Å². The summed E-state index contributed by atoms with van der Waals surface area (Å²) in [5.74, 6) is 1.11. The second kappa shape index (κ2) is 5.70. The molecule has 0 saturated heterocycles. The lowest BCUT2D eigenvalue weighted by molar-refractivity contribution is 0.00140. The average molecular weight is 246 g/mol. The Morgan fingerprint density at radius 3 is 3.06 bits per heavy atom. The molecule has 2 heterocycles. The van der Waals surface area contributed by atoms with Gasteiger partial charge in [0.15, 0.2) is 0 Å². The minimum absolute atomic E-state index is 0.558. The maximum absolute atomic E-state index is 5.77. The van der Waals surface area contributed by atoms with E-state index < -0.39 is 0 Å². The average Bonchev–Trinajstić information content (AvgIpc) is 2.36. The van der Waals surface area contributed by atoms with E-state index in [1.165, 1.54) is 43.4 Å². The minimum atomic E-state index is 0.558. The Hall–Kier alpha value is -1.09. The van der Waals surface area contributed by atoms with Crippen molar-refractivity contribution >= 4 is 5.82 Å². The first-order valence-corrected chi connectivity index (χ1v) is 7.26.